The van der Waals surface area contributed by atoms with Gasteiger partial charge in [0, 0.05) is 5.69 Å². The van der Waals surface area contributed by atoms with Gasteiger partial charge in [-0.1, -0.05) is 48.5 Å². The minimum atomic E-state index is -3.62. The Bertz CT molecular complexity index is 1050. The molecular weight excluding hydrogens is 362 g/mol. The zero-order valence-electron chi connectivity index (χ0n) is 14.4. The molecule has 27 heavy (non-hydrogen) atoms. The summed E-state index contributed by atoms with van der Waals surface area (Å²) in [6.45, 7) is 0. The number of carbonyl (C=O) groups excluding carboxylic acids is 1. The second-order valence-corrected chi connectivity index (χ2v) is 8.30. The van der Waals surface area contributed by atoms with Crippen LogP contribution in [0.5, 0.6) is 11.5 Å². The highest BCUT2D eigenvalue weighted by Crippen LogP contribution is 2.38. The first-order chi connectivity index (χ1) is 13.0. The number of sulfone groups is 1. The maximum Gasteiger partial charge on any atom is 0.243 e. The fourth-order valence-electron chi connectivity index (χ4n) is 3.16. The fraction of sp³-hybridized carbons (Fsp3) is 0.0952. The van der Waals surface area contributed by atoms with E-state index in [1.807, 2.05) is 36.4 Å². The Kier molecular flexibility index (Phi) is 4.41. The third kappa shape index (κ3) is 3.44. The molecule has 0 bridgehead atoms. The number of nitrogens with zero attached hydrogens (tertiary/aromatic N) is 1. The number of carbonyl (C=O) groups is 1. The summed E-state index contributed by atoms with van der Waals surface area (Å²) >= 11 is 0. The van der Waals surface area contributed by atoms with Gasteiger partial charge in [0.25, 0.3) is 0 Å². The SMILES string of the molecule is O=C1CS(=O)(=O)C(c2ccc(Oc3ccccc3)cc2)N1c1ccccc1. The van der Waals surface area contributed by atoms with E-state index in [9.17, 15) is 13.2 Å². The number of rotatable bonds is 4. The highest BCUT2D eigenvalue weighted by molar-refractivity contribution is 7.93. The molecule has 5 nitrogen and oxygen atoms in total. The highest BCUT2D eigenvalue weighted by Gasteiger charge is 2.45. The molecule has 1 saturated heterocycles. The van der Waals surface area contributed by atoms with Crippen LogP contribution < -0.4 is 9.64 Å². The van der Waals surface area contributed by atoms with Crippen LogP contribution in [-0.2, 0) is 14.6 Å². The molecule has 0 aromatic heterocycles. The normalized spacial score (nSPS) is 18.4. The van der Waals surface area contributed by atoms with Crippen LogP contribution in [0.4, 0.5) is 5.69 Å². The van der Waals surface area contributed by atoms with Crippen LogP contribution in [0.3, 0.4) is 0 Å². The van der Waals surface area contributed by atoms with Gasteiger partial charge < -0.3 is 4.74 Å². The average molecular weight is 379 g/mol. The molecule has 136 valence electrons. The molecule has 1 atom stereocenters. The first-order valence-electron chi connectivity index (χ1n) is 8.46. The van der Waals surface area contributed by atoms with Gasteiger partial charge >= 0.3 is 0 Å². The standard InChI is InChI=1S/C21H17NO4S/c23-20-15-27(24,25)21(22(20)17-7-3-1-4-8-17)16-11-13-19(14-12-16)26-18-9-5-2-6-10-18/h1-14,21H,15H2. The van der Waals surface area contributed by atoms with E-state index in [0.29, 0.717) is 22.7 Å². The molecule has 3 aromatic rings. The molecule has 1 amide bonds. The van der Waals surface area contributed by atoms with Gasteiger partial charge in [-0.2, -0.15) is 0 Å². The van der Waals surface area contributed by atoms with Crippen LogP contribution in [0, 0.1) is 0 Å². The van der Waals surface area contributed by atoms with E-state index in [0.717, 1.165) is 0 Å². The topological polar surface area (TPSA) is 63.7 Å². The number of hydrogen-bond donors (Lipinski definition) is 0. The Hall–Kier alpha value is -3.12. The summed E-state index contributed by atoms with van der Waals surface area (Å²) < 4.78 is 31.0. The molecule has 6 heteroatoms. The fourth-order valence-corrected chi connectivity index (χ4v) is 4.93. The molecule has 1 fully saturated rings. The number of benzene rings is 3. The molecular formula is C21H17NO4S. The quantitative estimate of drug-likeness (QED) is 0.689. The van der Waals surface area contributed by atoms with Gasteiger partial charge in [-0.3, -0.25) is 9.69 Å². The molecule has 1 aliphatic heterocycles. The van der Waals surface area contributed by atoms with Gasteiger partial charge in [0.2, 0.25) is 5.91 Å². The Morgan fingerprint density at radius 2 is 1.33 bits per heavy atom. The Balaban J connectivity index is 1.66. The molecule has 0 saturated carbocycles. The highest BCUT2D eigenvalue weighted by atomic mass is 32.2. The summed E-state index contributed by atoms with van der Waals surface area (Å²) in [5.74, 6) is 0.378. The van der Waals surface area contributed by atoms with E-state index >= 15 is 0 Å². The Morgan fingerprint density at radius 1 is 0.778 bits per heavy atom. The minimum Gasteiger partial charge on any atom is -0.457 e. The summed E-state index contributed by atoms with van der Waals surface area (Å²) in [5, 5.41) is -1.03. The molecule has 1 aliphatic rings. The molecule has 0 N–H and O–H groups in total. The predicted molar refractivity (Wildman–Crippen MR) is 103 cm³/mol. The van der Waals surface area contributed by atoms with E-state index in [1.165, 1.54) is 4.90 Å². The third-order valence-electron chi connectivity index (χ3n) is 4.35. The van der Waals surface area contributed by atoms with Crippen molar-refractivity contribution in [2.24, 2.45) is 0 Å². The predicted octanol–water partition coefficient (Wildman–Crippen LogP) is 3.94. The molecule has 0 spiro atoms. The van der Waals surface area contributed by atoms with Crippen molar-refractivity contribution in [1.29, 1.82) is 0 Å². The van der Waals surface area contributed by atoms with Crippen LogP contribution in [0.2, 0.25) is 0 Å². The number of anilines is 1. The van der Waals surface area contributed by atoms with E-state index in [4.69, 9.17) is 4.74 Å². The summed E-state index contributed by atoms with van der Waals surface area (Å²) in [6.07, 6.45) is 0. The van der Waals surface area contributed by atoms with E-state index < -0.39 is 26.9 Å². The van der Waals surface area contributed by atoms with Crippen molar-refractivity contribution in [3.63, 3.8) is 0 Å². The molecule has 0 radical (unpaired) electrons. The van der Waals surface area contributed by atoms with E-state index in [1.54, 1.807) is 48.5 Å². The number of para-hydroxylation sites is 2. The second kappa shape index (κ2) is 6.89. The maximum absolute atomic E-state index is 12.6. The van der Waals surface area contributed by atoms with Crippen LogP contribution in [0.1, 0.15) is 10.9 Å². The lowest BCUT2D eigenvalue weighted by Crippen LogP contribution is -2.28. The van der Waals surface area contributed by atoms with E-state index in [-0.39, 0.29) is 0 Å². The van der Waals surface area contributed by atoms with Gasteiger partial charge in [-0.05, 0) is 42.0 Å². The Labute approximate surface area is 157 Å². The van der Waals surface area contributed by atoms with Crippen LogP contribution in [-0.4, -0.2) is 20.1 Å². The summed E-state index contributed by atoms with van der Waals surface area (Å²) in [5.41, 5.74) is 1.10. The van der Waals surface area contributed by atoms with Crippen molar-refractivity contribution in [3.05, 3.63) is 90.5 Å². The smallest absolute Gasteiger partial charge is 0.243 e. The number of amides is 1. The van der Waals surface area contributed by atoms with Gasteiger partial charge in [0.05, 0.1) is 0 Å². The third-order valence-corrected chi connectivity index (χ3v) is 6.16. The largest absolute Gasteiger partial charge is 0.457 e. The van der Waals surface area contributed by atoms with Gasteiger partial charge in [-0.25, -0.2) is 8.42 Å². The molecule has 3 aromatic carbocycles. The Morgan fingerprint density at radius 3 is 1.96 bits per heavy atom. The second-order valence-electron chi connectivity index (χ2n) is 6.24. The van der Waals surface area contributed by atoms with Crippen molar-refractivity contribution in [1.82, 2.24) is 0 Å². The first-order valence-corrected chi connectivity index (χ1v) is 10.2. The minimum absolute atomic E-state index is 0.421. The monoisotopic (exact) mass is 379 g/mol. The van der Waals surface area contributed by atoms with Crippen molar-refractivity contribution < 1.29 is 17.9 Å². The lowest BCUT2D eigenvalue weighted by Gasteiger charge is -2.24. The lowest BCUT2D eigenvalue weighted by atomic mass is 10.2. The summed E-state index contributed by atoms with van der Waals surface area (Å²) in [4.78, 5) is 13.8. The van der Waals surface area contributed by atoms with Crippen molar-refractivity contribution >= 4 is 21.4 Å². The van der Waals surface area contributed by atoms with Crippen molar-refractivity contribution in [2.75, 3.05) is 10.7 Å². The maximum atomic E-state index is 12.6. The van der Waals surface area contributed by atoms with Gasteiger partial charge in [-0.15, -0.1) is 0 Å². The summed E-state index contributed by atoms with van der Waals surface area (Å²) in [7, 11) is -3.62. The van der Waals surface area contributed by atoms with Crippen LogP contribution in [0.15, 0.2) is 84.9 Å². The van der Waals surface area contributed by atoms with Crippen LogP contribution >= 0.6 is 0 Å². The first kappa shape index (κ1) is 17.3. The van der Waals surface area contributed by atoms with Gasteiger partial charge in [0.1, 0.15) is 17.3 Å². The zero-order chi connectivity index (χ0) is 18.9. The van der Waals surface area contributed by atoms with Gasteiger partial charge in [0.15, 0.2) is 15.2 Å². The zero-order valence-corrected chi connectivity index (χ0v) is 15.2. The van der Waals surface area contributed by atoms with Crippen molar-refractivity contribution in [3.8, 4) is 11.5 Å². The lowest BCUT2D eigenvalue weighted by molar-refractivity contribution is -0.115. The summed E-state index contributed by atoms with van der Waals surface area (Å²) in [6, 6.07) is 25.0. The molecule has 4 rings (SSSR count). The molecule has 0 aliphatic carbocycles. The van der Waals surface area contributed by atoms with Crippen molar-refractivity contribution in [2.45, 2.75) is 5.37 Å². The molecule has 1 unspecified atom stereocenters. The van der Waals surface area contributed by atoms with E-state index in [2.05, 4.69) is 0 Å². The number of ether oxygens (including phenoxy) is 1. The van der Waals surface area contributed by atoms with Crippen LogP contribution in [0.25, 0.3) is 0 Å². The number of hydrogen-bond acceptors (Lipinski definition) is 4. The average Bonchev–Trinajstić information content (AvgIpc) is 2.92. The molecule has 1 heterocycles.